The maximum absolute atomic E-state index is 14.0. The number of ether oxygens (including phenoxy) is 2. The number of hydrogen-bond acceptors (Lipinski definition) is 6. The van der Waals surface area contributed by atoms with Crippen LogP contribution in [0.4, 0.5) is 13.6 Å². The van der Waals surface area contributed by atoms with E-state index in [2.05, 4.69) is 15.8 Å². The lowest BCUT2D eigenvalue weighted by Gasteiger charge is -2.21. The third-order valence-corrected chi connectivity index (χ3v) is 4.91. The maximum atomic E-state index is 14.0. The van der Waals surface area contributed by atoms with E-state index in [-0.39, 0.29) is 30.2 Å². The molecule has 1 unspecified atom stereocenters. The normalized spacial score (nSPS) is 12.3. The van der Waals surface area contributed by atoms with Gasteiger partial charge in [0.15, 0.2) is 11.4 Å². The van der Waals surface area contributed by atoms with Gasteiger partial charge in [0.1, 0.15) is 29.5 Å². The van der Waals surface area contributed by atoms with E-state index in [0.29, 0.717) is 11.3 Å². The van der Waals surface area contributed by atoms with Crippen molar-refractivity contribution in [2.24, 2.45) is 0 Å². The minimum Gasteiger partial charge on any atom is -0.485 e. The number of fused-ring (bicyclic) bond motifs is 1. The summed E-state index contributed by atoms with van der Waals surface area (Å²) >= 11 is 0. The van der Waals surface area contributed by atoms with Gasteiger partial charge in [0.05, 0.1) is 23.9 Å². The number of pyridine rings is 1. The number of benzene rings is 1. The molecule has 0 aliphatic carbocycles. The van der Waals surface area contributed by atoms with E-state index >= 15 is 0 Å². The van der Waals surface area contributed by atoms with Crippen LogP contribution in [0.2, 0.25) is 0 Å². The van der Waals surface area contributed by atoms with Crippen LogP contribution in [0.25, 0.3) is 5.65 Å². The minimum absolute atomic E-state index is 0.0115. The lowest BCUT2D eigenvalue weighted by molar-refractivity contribution is 0.0186. The van der Waals surface area contributed by atoms with Gasteiger partial charge >= 0.3 is 6.09 Å². The topological polar surface area (TPSA) is 103 Å². The quantitative estimate of drug-likeness (QED) is 0.442. The number of hydroxylamine groups is 1. The average molecular weight is 505 g/mol. The van der Waals surface area contributed by atoms with Gasteiger partial charge in [-0.3, -0.25) is 14.0 Å². The van der Waals surface area contributed by atoms with Gasteiger partial charge in [-0.05, 0) is 65.3 Å². The molecule has 2 heterocycles. The summed E-state index contributed by atoms with van der Waals surface area (Å²) in [6, 6.07) is 4.81. The summed E-state index contributed by atoms with van der Waals surface area (Å²) in [5.74, 6) is -1.74. The van der Waals surface area contributed by atoms with E-state index in [1.165, 1.54) is 10.5 Å². The first-order valence-corrected chi connectivity index (χ1v) is 11.3. The van der Waals surface area contributed by atoms with Gasteiger partial charge in [0.2, 0.25) is 0 Å². The number of imidazole rings is 1. The fraction of sp³-hybridized carbons (Fsp3) is 0.400. The van der Waals surface area contributed by atoms with Crippen molar-refractivity contribution in [1.82, 2.24) is 20.2 Å². The van der Waals surface area contributed by atoms with Crippen molar-refractivity contribution in [1.29, 1.82) is 0 Å². The number of carbonyl (C=O) groups excluding carboxylic acids is 2. The molecule has 36 heavy (non-hydrogen) atoms. The first-order chi connectivity index (χ1) is 16.9. The van der Waals surface area contributed by atoms with Gasteiger partial charge in [-0.25, -0.2) is 24.0 Å². The first kappa shape index (κ1) is 26.9. The molecule has 0 aliphatic heterocycles. The number of nitrogens with one attached hydrogen (secondary N) is 2. The predicted molar refractivity (Wildman–Crippen MR) is 128 cm³/mol. The van der Waals surface area contributed by atoms with Crippen molar-refractivity contribution in [2.45, 2.75) is 59.8 Å². The number of alkyl carbamates (subject to hydrolysis) is 1. The highest BCUT2D eigenvalue weighted by molar-refractivity contribution is 5.94. The van der Waals surface area contributed by atoms with Gasteiger partial charge in [-0.1, -0.05) is 6.07 Å². The molecule has 11 heteroatoms. The highest BCUT2D eigenvalue weighted by atomic mass is 19.1. The van der Waals surface area contributed by atoms with Crippen molar-refractivity contribution in [3.63, 3.8) is 0 Å². The molecule has 0 spiro atoms. The fourth-order valence-electron chi connectivity index (χ4n) is 3.39. The molecule has 2 aromatic heterocycles. The Hall–Kier alpha value is -3.73. The number of carbonyl (C=O) groups is 2. The number of aromatic nitrogens is 2. The highest BCUT2D eigenvalue weighted by Gasteiger charge is 2.22. The number of halogens is 2. The molecular weight excluding hydrogens is 474 g/mol. The Morgan fingerprint density at radius 2 is 1.83 bits per heavy atom. The SMILES string of the molecule is Cc1cc(OCc2c(F)cccc2F)c2nc(C)c(C(=O)NOCC(C)NC(=O)OC(C)(C)C)n2c1. The van der Waals surface area contributed by atoms with Gasteiger partial charge < -0.3 is 14.8 Å². The first-order valence-electron chi connectivity index (χ1n) is 11.3. The second kappa shape index (κ2) is 10.9. The predicted octanol–water partition coefficient (Wildman–Crippen LogP) is 4.38. The van der Waals surface area contributed by atoms with Gasteiger partial charge in [-0.15, -0.1) is 0 Å². The van der Waals surface area contributed by atoms with E-state index < -0.39 is 35.3 Å². The van der Waals surface area contributed by atoms with Crippen LogP contribution in [-0.4, -0.2) is 39.6 Å². The summed E-state index contributed by atoms with van der Waals surface area (Å²) in [5.41, 5.74) is 3.13. The lowest BCUT2D eigenvalue weighted by Crippen LogP contribution is -2.41. The Morgan fingerprint density at radius 1 is 1.17 bits per heavy atom. The second-order valence-electron chi connectivity index (χ2n) is 9.40. The van der Waals surface area contributed by atoms with E-state index in [9.17, 15) is 18.4 Å². The molecule has 3 rings (SSSR count). The van der Waals surface area contributed by atoms with Crippen molar-refractivity contribution in [2.75, 3.05) is 6.61 Å². The summed E-state index contributed by atoms with van der Waals surface area (Å²) < 4.78 is 40.4. The van der Waals surface area contributed by atoms with Crippen molar-refractivity contribution >= 4 is 17.6 Å². The summed E-state index contributed by atoms with van der Waals surface area (Å²) in [6.07, 6.45) is 1.09. The standard InChI is InChI=1S/C25H30F2N4O5/c1-14-10-20(34-13-17-18(26)8-7-9-19(17)27)22-29-16(3)21(31(22)11-14)23(32)30-35-12-15(2)28-24(33)36-25(4,5)6/h7-11,15H,12-13H2,1-6H3,(H,28,33)(H,30,32). The average Bonchev–Trinajstić information content (AvgIpc) is 3.07. The molecule has 0 bridgehead atoms. The Morgan fingerprint density at radius 3 is 2.47 bits per heavy atom. The number of hydrogen-bond donors (Lipinski definition) is 2. The maximum Gasteiger partial charge on any atom is 0.407 e. The van der Waals surface area contributed by atoms with Crippen LogP contribution in [0.3, 0.4) is 0 Å². The Balaban J connectivity index is 1.70. The molecule has 0 aliphatic rings. The fourth-order valence-corrected chi connectivity index (χ4v) is 3.39. The van der Waals surface area contributed by atoms with Crippen LogP contribution in [0.15, 0.2) is 30.5 Å². The molecule has 1 atom stereocenters. The number of amides is 2. The zero-order valence-electron chi connectivity index (χ0n) is 21.1. The molecule has 2 amide bonds. The van der Waals surface area contributed by atoms with Crippen LogP contribution < -0.4 is 15.5 Å². The zero-order valence-corrected chi connectivity index (χ0v) is 21.1. The van der Waals surface area contributed by atoms with Gasteiger partial charge in [-0.2, -0.15) is 0 Å². The Bertz CT molecular complexity index is 1250. The van der Waals surface area contributed by atoms with E-state index in [4.69, 9.17) is 14.3 Å². The molecule has 0 saturated carbocycles. The third-order valence-electron chi connectivity index (χ3n) is 4.91. The molecule has 1 aromatic carbocycles. The van der Waals surface area contributed by atoms with Crippen molar-refractivity contribution in [3.8, 4) is 5.75 Å². The van der Waals surface area contributed by atoms with Crippen LogP contribution in [0, 0.1) is 25.5 Å². The monoisotopic (exact) mass is 504 g/mol. The van der Waals surface area contributed by atoms with Crippen molar-refractivity contribution in [3.05, 3.63) is 64.6 Å². The van der Waals surface area contributed by atoms with Gasteiger partial charge in [0.25, 0.3) is 5.91 Å². The molecule has 0 saturated heterocycles. The van der Waals surface area contributed by atoms with Gasteiger partial charge in [0, 0.05) is 6.20 Å². The molecule has 0 radical (unpaired) electrons. The van der Waals surface area contributed by atoms with E-state index in [0.717, 1.165) is 17.7 Å². The van der Waals surface area contributed by atoms with E-state index in [1.54, 1.807) is 53.8 Å². The Labute approximate surface area is 207 Å². The zero-order chi connectivity index (χ0) is 26.6. The summed E-state index contributed by atoms with van der Waals surface area (Å²) in [4.78, 5) is 34.4. The molecule has 3 aromatic rings. The molecule has 194 valence electrons. The second-order valence-corrected chi connectivity index (χ2v) is 9.40. The molecule has 0 fully saturated rings. The number of aryl methyl sites for hydroxylation is 2. The number of nitrogens with zero attached hydrogens (tertiary/aromatic N) is 2. The summed E-state index contributed by atoms with van der Waals surface area (Å²) in [5, 5.41) is 2.61. The largest absolute Gasteiger partial charge is 0.485 e. The smallest absolute Gasteiger partial charge is 0.407 e. The number of rotatable bonds is 8. The molecule has 2 N–H and O–H groups in total. The Kier molecular flexibility index (Phi) is 8.13. The molecule has 9 nitrogen and oxygen atoms in total. The third kappa shape index (κ3) is 6.69. The lowest BCUT2D eigenvalue weighted by atomic mass is 10.2. The summed E-state index contributed by atoms with van der Waals surface area (Å²) in [6.45, 7) is 10.0. The highest BCUT2D eigenvalue weighted by Crippen LogP contribution is 2.26. The minimum atomic E-state index is -0.717. The molecular formula is C25H30F2N4O5. The van der Waals surface area contributed by atoms with Crippen LogP contribution >= 0.6 is 0 Å². The van der Waals surface area contributed by atoms with Crippen LogP contribution in [0.1, 0.15) is 55.0 Å². The summed E-state index contributed by atoms with van der Waals surface area (Å²) in [7, 11) is 0. The van der Waals surface area contributed by atoms with E-state index in [1.807, 2.05) is 0 Å². The van der Waals surface area contributed by atoms with Crippen LogP contribution in [0.5, 0.6) is 5.75 Å². The van der Waals surface area contributed by atoms with Crippen molar-refractivity contribution < 1.29 is 32.7 Å². The van der Waals surface area contributed by atoms with Crippen LogP contribution in [-0.2, 0) is 16.2 Å².